The van der Waals surface area contributed by atoms with Gasteiger partial charge in [-0.1, -0.05) is 37.6 Å². The molecule has 0 amide bonds. The Morgan fingerprint density at radius 2 is 1.52 bits per heavy atom. The molecule has 3 rings (SSSR count). The standard InChI is InChI=1S/C11H11BrClN3O.C5H7Br2N3/c1-2-7-16-11(14-10(12)15-16)17-9-6-4-3-5-8(9)13;1-2-3-10-5(7)8-4(6)9-10/h3-6H,2,7H2,1H3;2-3H2,1H3. The highest BCUT2D eigenvalue weighted by molar-refractivity contribution is 9.11. The van der Waals surface area contributed by atoms with Gasteiger partial charge in [-0.15, -0.1) is 10.2 Å². The number of benzene rings is 1. The Balaban J connectivity index is 0.000000223. The van der Waals surface area contributed by atoms with E-state index in [0.717, 1.165) is 30.7 Å². The Morgan fingerprint density at radius 3 is 2.11 bits per heavy atom. The summed E-state index contributed by atoms with van der Waals surface area (Å²) in [7, 11) is 0. The molecule has 0 saturated heterocycles. The average Bonchev–Trinajstić information content (AvgIpc) is 3.12. The summed E-state index contributed by atoms with van der Waals surface area (Å²) < 4.78 is 11.1. The molecule has 0 N–H and O–H groups in total. The number of hydrogen-bond donors (Lipinski definition) is 0. The summed E-state index contributed by atoms with van der Waals surface area (Å²) in [5.74, 6) is 0.575. The van der Waals surface area contributed by atoms with Crippen molar-refractivity contribution < 1.29 is 4.74 Å². The zero-order valence-corrected chi connectivity index (χ0v) is 20.3. The highest BCUT2D eigenvalue weighted by atomic mass is 79.9. The average molecular weight is 586 g/mol. The van der Waals surface area contributed by atoms with Crippen LogP contribution in [0.3, 0.4) is 0 Å². The quantitative estimate of drug-likeness (QED) is 0.349. The number of aromatic nitrogens is 6. The van der Waals surface area contributed by atoms with Crippen LogP contribution < -0.4 is 4.74 Å². The summed E-state index contributed by atoms with van der Waals surface area (Å²) in [6.45, 7) is 5.81. The number of ether oxygens (including phenoxy) is 1. The maximum atomic E-state index is 6.02. The van der Waals surface area contributed by atoms with Crippen LogP contribution in [-0.2, 0) is 13.1 Å². The molecule has 0 bridgehead atoms. The number of aryl methyl sites for hydroxylation is 2. The molecule has 3 aromatic rings. The molecule has 0 unspecified atom stereocenters. The van der Waals surface area contributed by atoms with Crippen LogP contribution in [0.2, 0.25) is 5.02 Å². The molecule has 0 fully saturated rings. The van der Waals surface area contributed by atoms with Crippen molar-refractivity contribution >= 4 is 59.4 Å². The highest BCUT2D eigenvalue weighted by Crippen LogP contribution is 2.28. The van der Waals surface area contributed by atoms with E-state index in [2.05, 4.69) is 81.8 Å². The van der Waals surface area contributed by atoms with Gasteiger partial charge in [0.05, 0.1) is 5.02 Å². The summed E-state index contributed by atoms with van der Waals surface area (Å²) in [6, 6.07) is 7.71. The monoisotopic (exact) mass is 582 g/mol. The fourth-order valence-electron chi connectivity index (χ4n) is 2.01. The van der Waals surface area contributed by atoms with Gasteiger partial charge in [-0.3, -0.25) is 0 Å². The summed E-state index contributed by atoms with van der Waals surface area (Å²) in [4.78, 5) is 8.17. The minimum absolute atomic E-state index is 0.437. The Hall–Kier alpha value is -0.970. The van der Waals surface area contributed by atoms with Crippen molar-refractivity contribution in [1.82, 2.24) is 29.5 Å². The third-order valence-corrected chi connectivity index (χ3v) is 4.69. The first-order valence-electron chi connectivity index (χ1n) is 8.23. The van der Waals surface area contributed by atoms with Crippen LogP contribution in [0.5, 0.6) is 11.8 Å². The number of para-hydroxylation sites is 1. The lowest BCUT2D eigenvalue weighted by Crippen LogP contribution is -2.02. The fourth-order valence-corrected chi connectivity index (χ4v) is 3.55. The summed E-state index contributed by atoms with van der Waals surface area (Å²) >= 11 is 15.7. The molecule has 0 atom stereocenters. The van der Waals surface area contributed by atoms with Crippen molar-refractivity contribution in [3.05, 3.63) is 43.5 Å². The van der Waals surface area contributed by atoms with E-state index in [9.17, 15) is 0 Å². The van der Waals surface area contributed by atoms with Crippen LogP contribution in [0.1, 0.15) is 26.7 Å². The van der Waals surface area contributed by atoms with Gasteiger partial charge in [-0.05, 0) is 72.8 Å². The second-order valence-electron chi connectivity index (χ2n) is 5.29. The molecule has 0 aliphatic heterocycles. The van der Waals surface area contributed by atoms with E-state index in [1.54, 1.807) is 16.8 Å². The van der Waals surface area contributed by atoms with Crippen molar-refractivity contribution in [2.45, 2.75) is 39.8 Å². The first-order chi connectivity index (χ1) is 12.9. The number of nitrogens with zero attached hydrogens (tertiary/aromatic N) is 6. The summed E-state index contributed by atoms with van der Waals surface area (Å²) in [5.41, 5.74) is 0. The maximum Gasteiger partial charge on any atom is 0.321 e. The van der Waals surface area contributed by atoms with Crippen LogP contribution in [-0.4, -0.2) is 29.5 Å². The van der Waals surface area contributed by atoms with E-state index in [-0.39, 0.29) is 0 Å². The normalized spacial score (nSPS) is 10.4. The molecule has 0 aliphatic rings. The molecular formula is C16H18Br3ClN6O. The number of hydrogen-bond acceptors (Lipinski definition) is 5. The molecule has 0 radical (unpaired) electrons. The largest absolute Gasteiger partial charge is 0.423 e. The molecular weight excluding hydrogens is 567 g/mol. The van der Waals surface area contributed by atoms with Gasteiger partial charge < -0.3 is 4.74 Å². The van der Waals surface area contributed by atoms with Gasteiger partial charge in [-0.25, -0.2) is 9.36 Å². The lowest BCUT2D eigenvalue weighted by atomic mass is 10.3. The van der Waals surface area contributed by atoms with Gasteiger partial charge in [0.25, 0.3) is 0 Å². The lowest BCUT2D eigenvalue weighted by molar-refractivity contribution is 0.395. The second kappa shape index (κ2) is 11.1. The highest BCUT2D eigenvalue weighted by Gasteiger charge is 2.11. The second-order valence-corrected chi connectivity index (χ2v) is 7.83. The van der Waals surface area contributed by atoms with Crippen LogP contribution in [0.25, 0.3) is 0 Å². The van der Waals surface area contributed by atoms with Crippen molar-refractivity contribution in [1.29, 1.82) is 0 Å². The van der Waals surface area contributed by atoms with E-state index in [1.165, 1.54) is 0 Å². The molecule has 7 nitrogen and oxygen atoms in total. The zero-order valence-electron chi connectivity index (χ0n) is 14.7. The van der Waals surface area contributed by atoms with Crippen molar-refractivity contribution in [2.24, 2.45) is 0 Å². The molecule has 2 aromatic heterocycles. The molecule has 0 spiro atoms. The Morgan fingerprint density at radius 1 is 0.926 bits per heavy atom. The van der Waals surface area contributed by atoms with Crippen molar-refractivity contribution in [3.63, 3.8) is 0 Å². The van der Waals surface area contributed by atoms with E-state index in [4.69, 9.17) is 16.3 Å². The van der Waals surface area contributed by atoms with Crippen molar-refractivity contribution in [2.75, 3.05) is 0 Å². The van der Waals surface area contributed by atoms with E-state index < -0.39 is 0 Å². The van der Waals surface area contributed by atoms with Gasteiger partial charge in [0.15, 0.2) is 4.73 Å². The Kier molecular flexibility index (Phi) is 9.20. The third-order valence-electron chi connectivity index (χ3n) is 3.12. The van der Waals surface area contributed by atoms with Gasteiger partial charge in [0.2, 0.25) is 9.47 Å². The molecule has 2 heterocycles. The minimum Gasteiger partial charge on any atom is -0.423 e. The van der Waals surface area contributed by atoms with Crippen LogP contribution in [0.4, 0.5) is 0 Å². The number of halogens is 4. The van der Waals surface area contributed by atoms with Crippen LogP contribution in [0, 0.1) is 0 Å². The maximum absolute atomic E-state index is 6.02. The number of rotatable bonds is 6. The third kappa shape index (κ3) is 6.85. The topological polar surface area (TPSA) is 70.7 Å². The van der Waals surface area contributed by atoms with E-state index in [1.807, 2.05) is 16.8 Å². The van der Waals surface area contributed by atoms with Crippen molar-refractivity contribution in [3.8, 4) is 11.8 Å². The first-order valence-corrected chi connectivity index (χ1v) is 11.0. The Bertz CT molecular complexity index is 870. The Labute approximate surface area is 187 Å². The predicted molar refractivity (Wildman–Crippen MR) is 115 cm³/mol. The fraction of sp³-hybridized carbons (Fsp3) is 0.375. The SMILES string of the molecule is CCCn1nc(Br)nc1Br.CCCn1nc(Br)nc1Oc1ccccc1Cl. The lowest BCUT2D eigenvalue weighted by Gasteiger charge is -2.06. The zero-order chi connectivity index (χ0) is 19.8. The van der Waals surface area contributed by atoms with Gasteiger partial charge in [0.1, 0.15) is 5.75 Å². The van der Waals surface area contributed by atoms with Crippen LogP contribution in [0.15, 0.2) is 38.5 Å². The molecule has 27 heavy (non-hydrogen) atoms. The first kappa shape index (κ1) is 22.3. The molecule has 1 aromatic carbocycles. The van der Waals surface area contributed by atoms with E-state index in [0.29, 0.717) is 26.2 Å². The van der Waals surface area contributed by atoms with E-state index >= 15 is 0 Å². The molecule has 146 valence electrons. The molecule has 0 saturated carbocycles. The van der Waals surface area contributed by atoms with Crippen LogP contribution >= 0.6 is 59.4 Å². The summed E-state index contributed by atoms with van der Waals surface area (Å²) in [5, 5.41) is 8.81. The summed E-state index contributed by atoms with van der Waals surface area (Å²) in [6.07, 6.45) is 2.02. The minimum atomic E-state index is 0.437. The van der Waals surface area contributed by atoms with Gasteiger partial charge >= 0.3 is 6.01 Å². The van der Waals surface area contributed by atoms with Gasteiger partial charge in [0, 0.05) is 13.1 Å². The molecule has 0 aliphatic carbocycles. The predicted octanol–water partition coefficient (Wildman–Crippen LogP) is 6.11. The van der Waals surface area contributed by atoms with Gasteiger partial charge in [-0.2, -0.15) is 9.97 Å². The molecule has 11 heteroatoms. The smallest absolute Gasteiger partial charge is 0.321 e.